The Balaban J connectivity index is 1.56. The van der Waals surface area contributed by atoms with E-state index in [-0.39, 0.29) is 11.2 Å². The zero-order chi connectivity index (χ0) is 23.8. The lowest BCUT2D eigenvalue weighted by Gasteiger charge is -2.05. The molecule has 0 spiro atoms. The van der Waals surface area contributed by atoms with Gasteiger partial charge in [-0.05, 0) is 120 Å². The molecule has 0 saturated carbocycles. The average molecular weight is 443 g/mol. The van der Waals surface area contributed by atoms with Crippen LogP contribution in [-0.2, 0) is 9.47 Å². The minimum absolute atomic E-state index is 0.102. The highest BCUT2D eigenvalue weighted by Crippen LogP contribution is 2.43. The quantitative estimate of drug-likeness (QED) is 0.187. The first-order valence-corrected chi connectivity index (χ1v) is 13.0. The molecule has 0 aromatic carbocycles. The first-order valence-electron chi connectivity index (χ1n) is 13.0. The number of rotatable bonds is 15. The minimum Gasteiger partial charge on any atom is -0.367 e. The van der Waals surface area contributed by atoms with E-state index in [4.69, 9.17) is 9.47 Å². The Labute approximate surface area is 199 Å². The van der Waals surface area contributed by atoms with E-state index in [1.165, 1.54) is 41.6 Å². The van der Waals surface area contributed by atoms with Gasteiger partial charge in [0, 0.05) is 0 Å². The molecule has 3 atom stereocenters. The van der Waals surface area contributed by atoms with Crippen LogP contribution < -0.4 is 0 Å². The van der Waals surface area contributed by atoms with Gasteiger partial charge in [0.15, 0.2) is 0 Å². The first-order chi connectivity index (χ1) is 15.0. The van der Waals surface area contributed by atoms with E-state index in [0.29, 0.717) is 12.2 Å². The maximum absolute atomic E-state index is 6.08. The standard InChI is InChI=1S/C30H50O2/c1-23(2)13-9-14-24(3)15-10-16-25(4)17-11-19-28-30(8,32-28)22-12-18-26(5)20-21-27-29(6,7)31-27/h13,15,17-18,27-28H,9-12,14,16,19-22H2,1-8H3/b24-15+,25-17+,26-18+/t27-,28?,30?/m0/s1. The smallest absolute Gasteiger partial charge is 0.0923 e. The molecule has 2 aliphatic rings. The molecule has 2 nitrogen and oxygen atoms in total. The van der Waals surface area contributed by atoms with Crippen LogP contribution in [0.1, 0.15) is 120 Å². The van der Waals surface area contributed by atoms with Crippen molar-refractivity contribution in [1.82, 2.24) is 0 Å². The molecule has 2 unspecified atom stereocenters. The molecule has 2 aliphatic heterocycles. The Hall–Kier alpha value is -1.12. The van der Waals surface area contributed by atoms with Crippen molar-refractivity contribution in [1.29, 1.82) is 0 Å². The van der Waals surface area contributed by atoms with E-state index in [1.807, 2.05) is 0 Å². The van der Waals surface area contributed by atoms with Crippen LogP contribution in [0, 0.1) is 0 Å². The van der Waals surface area contributed by atoms with E-state index < -0.39 is 0 Å². The maximum Gasteiger partial charge on any atom is 0.0923 e. The predicted octanol–water partition coefficient (Wildman–Crippen LogP) is 9.03. The lowest BCUT2D eigenvalue weighted by atomic mass is 9.96. The van der Waals surface area contributed by atoms with E-state index >= 15 is 0 Å². The Morgan fingerprint density at radius 3 is 1.75 bits per heavy atom. The molecule has 0 aliphatic carbocycles. The fourth-order valence-corrected chi connectivity index (χ4v) is 4.50. The molecule has 2 heterocycles. The van der Waals surface area contributed by atoms with Crippen LogP contribution in [-0.4, -0.2) is 23.4 Å². The van der Waals surface area contributed by atoms with E-state index in [1.54, 1.807) is 0 Å². The summed E-state index contributed by atoms with van der Waals surface area (Å²) < 4.78 is 11.8. The van der Waals surface area contributed by atoms with E-state index in [0.717, 1.165) is 44.9 Å². The molecule has 32 heavy (non-hydrogen) atoms. The second-order valence-corrected chi connectivity index (χ2v) is 11.3. The summed E-state index contributed by atoms with van der Waals surface area (Å²) in [5, 5.41) is 0. The molecule has 2 saturated heterocycles. The van der Waals surface area contributed by atoms with Crippen molar-refractivity contribution in [3.63, 3.8) is 0 Å². The molecule has 2 fully saturated rings. The van der Waals surface area contributed by atoms with Crippen molar-refractivity contribution in [2.75, 3.05) is 0 Å². The van der Waals surface area contributed by atoms with Crippen LogP contribution >= 0.6 is 0 Å². The molecule has 182 valence electrons. The van der Waals surface area contributed by atoms with Gasteiger partial charge in [-0.3, -0.25) is 0 Å². The number of ether oxygens (including phenoxy) is 2. The van der Waals surface area contributed by atoms with Crippen molar-refractivity contribution in [2.45, 2.75) is 143 Å². The van der Waals surface area contributed by atoms with Crippen LogP contribution in [0.25, 0.3) is 0 Å². The molecule has 0 amide bonds. The molecule has 0 aromatic heterocycles. The lowest BCUT2D eigenvalue weighted by molar-refractivity contribution is 0.295. The Morgan fingerprint density at radius 1 is 0.625 bits per heavy atom. The van der Waals surface area contributed by atoms with Crippen LogP contribution in [0.15, 0.2) is 46.6 Å². The minimum atomic E-state index is 0.102. The molecule has 2 heteroatoms. The van der Waals surface area contributed by atoms with Crippen LogP contribution in [0.3, 0.4) is 0 Å². The summed E-state index contributed by atoms with van der Waals surface area (Å²) in [6.07, 6.45) is 22.1. The molecular weight excluding hydrogens is 392 g/mol. The van der Waals surface area contributed by atoms with E-state index in [2.05, 4.69) is 79.7 Å². The molecule has 0 N–H and O–H groups in total. The normalized spacial score (nSPS) is 27.4. The van der Waals surface area contributed by atoms with Gasteiger partial charge < -0.3 is 9.47 Å². The van der Waals surface area contributed by atoms with Gasteiger partial charge in [-0.1, -0.05) is 46.6 Å². The highest BCUT2D eigenvalue weighted by molar-refractivity contribution is 5.08. The Bertz CT molecular complexity index is 717. The van der Waals surface area contributed by atoms with Gasteiger partial charge in [0.25, 0.3) is 0 Å². The first kappa shape index (κ1) is 27.1. The summed E-state index contributed by atoms with van der Waals surface area (Å²) in [4.78, 5) is 0. The fourth-order valence-electron chi connectivity index (χ4n) is 4.50. The van der Waals surface area contributed by atoms with Gasteiger partial charge >= 0.3 is 0 Å². The number of hydrogen-bond acceptors (Lipinski definition) is 2. The SMILES string of the molecule is CC(C)=CCC/C(C)=C/CC/C(C)=C/CCC1OC1(C)CC/C=C(\C)CC[C@@H]1OC1(C)C. The van der Waals surface area contributed by atoms with Crippen molar-refractivity contribution < 1.29 is 9.47 Å². The third kappa shape index (κ3) is 10.2. The molecule has 0 bridgehead atoms. The summed E-state index contributed by atoms with van der Waals surface area (Å²) >= 11 is 0. The summed E-state index contributed by atoms with van der Waals surface area (Å²) in [5.41, 5.74) is 6.18. The van der Waals surface area contributed by atoms with Crippen molar-refractivity contribution in [2.24, 2.45) is 0 Å². The van der Waals surface area contributed by atoms with Gasteiger partial charge in [-0.25, -0.2) is 0 Å². The highest BCUT2D eigenvalue weighted by Gasteiger charge is 2.50. The molecule has 0 aromatic rings. The molecular formula is C30H50O2. The van der Waals surface area contributed by atoms with Gasteiger partial charge in [0.1, 0.15) is 0 Å². The maximum atomic E-state index is 6.08. The van der Waals surface area contributed by atoms with Gasteiger partial charge in [-0.2, -0.15) is 0 Å². The topological polar surface area (TPSA) is 25.1 Å². The van der Waals surface area contributed by atoms with Crippen LogP contribution in [0.4, 0.5) is 0 Å². The summed E-state index contributed by atoms with van der Waals surface area (Å²) in [7, 11) is 0. The monoisotopic (exact) mass is 442 g/mol. The third-order valence-corrected chi connectivity index (χ3v) is 7.18. The van der Waals surface area contributed by atoms with Crippen molar-refractivity contribution in [3.8, 4) is 0 Å². The van der Waals surface area contributed by atoms with Gasteiger partial charge in [-0.15, -0.1) is 0 Å². The second-order valence-electron chi connectivity index (χ2n) is 11.3. The lowest BCUT2D eigenvalue weighted by Crippen LogP contribution is -2.09. The zero-order valence-electron chi connectivity index (χ0n) is 22.4. The summed E-state index contributed by atoms with van der Waals surface area (Å²) in [6, 6.07) is 0. The van der Waals surface area contributed by atoms with Crippen molar-refractivity contribution in [3.05, 3.63) is 46.6 Å². The number of hydrogen-bond donors (Lipinski definition) is 0. The third-order valence-electron chi connectivity index (χ3n) is 7.18. The largest absolute Gasteiger partial charge is 0.367 e. The predicted molar refractivity (Wildman–Crippen MR) is 139 cm³/mol. The molecule has 2 rings (SSSR count). The molecule has 0 radical (unpaired) electrons. The van der Waals surface area contributed by atoms with E-state index in [9.17, 15) is 0 Å². The summed E-state index contributed by atoms with van der Waals surface area (Å²) in [6.45, 7) is 17.8. The van der Waals surface area contributed by atoms with Crippen LogP contribution in [0.5, 0.6) is 0 Å². The van der Waals surface area contributed by atoms with Crippen LogP contribution in [0.2, 0.25) is 0 Å². The number of allylic oxidation sites excluding steroid dienone is 8. The van der Waals surface area contributed by atoms with Gasteiger partial charge in [0.2, 0.25) is 0 Å². The fraction of sp³-hybridized carbons (Fsp3) is 0.733. The second kappa shape index (κ2) is 12.4. The summed E-state index contributed by atoms with van der Waals surface area (Å²) in [5.74, 6) is 0. The highest BCUT2D eigenvalue weighted by atomic mass is 16.6. The van der Waals surface area contributed by atoms with Gasteiger partial charge in [0.05, 0.1) is 23.4 Å². The van der Waals surface area contributed by atoms with Crippen molar-refractivity contribution >= 4 is 0 Å². The Kier molecular flexibility index (Phi) is 10.5. The Morgan fingerprint density at radius 2 is 1.16 bits per heavy atom. The zero-order valence-corrected chi connectivity index (χ0v) is 22.4. The number of epoxide rings is 2. The average Bonchev–Trinajstić information content (AvgIpc) is 3.53.